The first-order valence-corrected chi connectivity index (χ1v) is 8.65. The molecule has 0 radical (unpaired) electrons. The average molecular weight is 304 g/mol. The monoisotopic (exact) mass is 304 g/mol. The number of nitrogens with zero attached hydrogens (tertiary/aromatic N) is 2. The molecule has 1 saturated heterocycles. The zero-order valence-corrected chi connectivity index (χ0v) is 14.7. The van der Waals surface area contributed by atoms with Crippen LogP contribution in [0.4, 0.5) is 0 Å². The van der Waals surface area contributed by atoms with E-state index in [1.54, 1.807) is 7.11 Å². The lowest BCUT2D eigenvalue weighted by atomic mass is 9.80. The van der Waals surface area contributed by atoms with Crippen LogP contribution in [-0.2, 0) is 0 Å². The second kappa shape index (κ2) is 8.54. The number of methoxy groups -OCH3 is 1. The minimum Gasteiger partial charge on any atom is -0.497 e. The molecule has 0 bridgehead atoms. The highest BCUT2D eigenvalue weighted by Crippen LogP contribution is 2.34. The lowest BCUT2D eigenvalue weighted by molar-refractivity contribution is 0.129. The third kappa shape index (κ3) is 4.72. The summed E-state index contributed by atoms with van der Waals surface area (Å²) in [6.45, 7) is 7.14. The first-order valence-electron chi connectivity index (χ1n) is 8.65. The van der Waals surface area contributed by atoms with Crippen molar-refractivity contribution in [3.8, 4) is 5.75 Å². The summed E-state index contributed by atoms with van der Waals surface area (Å²) in [6.07, 6.45) is 3.86. The van der Waals surface area contributed by atoms with E-state index in [0.29, 0.717) is 11.8 Å². The van der Waals surface area contributed by atoms with Crippen molar-refractivity contribution in [1.82, 2.24) is 9.80 Å². The summed E-state index contributed by atoms with van der Waals surface area (Å²) in [5.74, 6) is 2.33. The van der Waals surface area contributed by atoms with Crippen LogP contribution in [0.2, 0.25) is 0 Å². The van der Waals surface area contributed by atoms with Gasteiger partial charge in [-0.25, -0.2) is 0 Å². The average Bonchev–Trinajstić information content (AvgIpc) is 2.52. The van der Waals surface area contributed by atoms with E-state index in [4.69, 9.17) is 4.74 Å². The first kappa shape index (κ1) is 17.3. The molecular formula is C19H32N2O. The van der Waals surface area contributed by atoms with Crippen LogP contribution in [0.3, 0.4) is 0 Å². The molecule has 0 spiro atoms. The second-order valence-corrected chi connectivity index (χ2v) is 6.85. The number of hydrogen-bond acceptors (Lipinski definition) is 3. The fourth-order valence-corrected chi connectivity index (χ4v) is 3.66. The number of ether oxygens (including phenoxy) is 1. The van der Waals surface area contributed by atoms with Crippen LogP contribution >= 0.6 is 0 Å². The SMILES string of the molecule is CCCCN1CCC(c2cccc(OC)c2)C(CN(C)C)C1. The Bertz CT molecular complexity index is 447. The van der Waals surface area contributed by atoms with Gasteiger partial charge in [0, 0.05) is 13.1 Å². The Labute approximate surface area is 136 Å². The van der Waals surface area contributed by atoms with E-state index in [-0.39, 0.29) is 0 Å². The second-order valence-electron chi connectivity index (χ2n) is 6.85. The van der Waals surface area contributed by atoms with Crippen molar-refractivity contribution in [2.45, 2.75) is 32.1 Å². The summed E-state index contributed by atoms with van der Waals surface area (Å²) in [5, 5.41) is 0. The zero-order chi connectivity index (χ0) is 15.9. The van der Waals surface area contributed by atoms with Gasteiger partial charge < -0.3 is 14.5 Å². The minimum atomic E-state index is 0.648. The molecule has 0 N–H and O–H groups in total. The molecule has 0 aliphatic carbocycles. The van der Waals surface area contributed by atoms with Gasteiger partial charge in [0.25, 0.3) is 0 Å². The lowest BCUT2D eigenvalue weighted by Gasteiger charge is -2.40. The Balaban J connectivity index is 2.10. The van der Waals surface area contributed by atoms with E-state index >= 15 is 0 Å². The van der Waals surface area contributed by atoms with Gasteiger partial charge in [-0.3, -0.25) is 0 Å². The van der Waals surface area contributed by atoms with E-state index in [0.717, 1.165) is 12.3 Å². The van der Waals surface area contributed by atoms with E-state index < -0.39 is 0 Å². The fourth-order valence-electron chi connectivity index (χ4n) is 3.66. The maximum Gasteiger partial charge on any atom is 0.119 e. The largest absolute Gasteiger partial charge is 0.497 e. The van der Waals surface area contributed by atoms with Crippen LogP contribution in [0.25, 0.3) is 0 Å². The summed E-state index contributed by atoms with van der Waals surface area (Å²) in [6, 6.07) is 8.68. The van der Waals surface area contributed by atoms with Crippen LogP contribution in [-0.4, -0.2) is 57.2 Å². The number of unbranched alkanes of at least 4 members (excludes halogenated alkanes) is 1. The Morgan fingerprint density at radius 2 is 2.14 bits per heavy atom. The quantitative estimate of drug-likeness (QED) is 0.767. The smallest absolute Gasteiger partial charge is 0.119 e. The van der Waals surface area contributed by atoms with E-state index in [1.807, 2.05) is 6.07 Å². The summed E-state index contributed by atoms with van der Waals surface area (Å²) in [4.78, 5) is 5.00. The van der Waals surface area contributed by atoms with Crippen molar-refractivity contribution in [3.63, 3.8) is 0 Å². The molecule has 1 aliphatic heterocycles. The fraction of sp³-hybridized carbons (Fsp3) is 0.684. The third-order valence-electron chi connectivity index (χ3n) is 4.77. The van der Waals surface area contributed by atoms with E-state index in [1.165, 1.54) is 44.5 Å². The normalized spacial score (nSPS) is 23.0. The molecule has 22 heavy (non-hydrogen) atoms. The van der Waals surface area contributed by atoms with Gasteiger partial charge in [0.2, 0.25) is 0 Å². The molecule has 3 heteroatoms. The van der Waals surface area contributed by atoms with Gasteiger partial charge in [-0.15, -0.1) is 0 Å². The zero-order valence-electron chi connectivity index (χ0n) is 14.7. The summed E-state index contributed by atoms with van der Waals surface area (Å²) < 4.78 is 5.42. The lowest BCUT2D eigenvalue weighted by Crippen LogP contribution is -2.43. The van der Waals surface area contributed by atoms with Gasteiger partial charge in [-0.2, -0.15) is 0 Å². The molecule has 2 unspecified atom stereocenters. The van der Waals surface area contributed by atoms with E-state index in [2.05, 4.69) is 49.0 Å². The molecule has 1 aromatic rings. The molecule has 124 valence electrons. The maximum absolute atomic E-state index is 5.42. The molecule has 1 aromatic carbocycles. The molecule has 1 fully saturated rings. The predicted octanol–water partition coefficient (Wildman–Crippen LogP) is 3.46. The van der Waals surface area contributed by atoms with Crippen molar-refractivity contribution >= 4 is 0 Å². The number of benzene rings is 1. The number of rotatable bonds is 7. The van der Waals surface area contributed by atoms with Gasteiger partial charge in [-0.1, -0.05) is 25.5 Å². The Morgan fingerprint density at radius 1 is 1.32 bits per heavy atom. The van der Waals surface area contributed by atoms with Gasteiger partial charge in [0.15, 0.2) is 0 Å². The van der Waals surface area contributed by atoms with Crippen LogP contribution in [0.5, 0.6) is 5.75 Å². The Kier molecular flexibility index (Phi) is 6.71. The maximum atomic E-state index is 5.42. The number of likely N-dealkylation sites (tertiary alicyclic amines) is 1. The molecule has 0 saturated carbocycles. The van der Waals surface area contributed by atoms with Crippen molar-refractivity contribution in [2.75, 3.05) is 47.4 Å². The molecule has 1 aliphatic rings. The highest BCUT2D eigenvalue weighted by atomic mass is 16.5. The highest BCUT2D eigenvalue weighted by molar-refractivity contribution is 5.31. The highest BCUT2D eigenvalue weighted by Gasteiger charge is 2.30. The van der Waals surface area contributed by atoms with Gasteiger partial charge in [0.05, 0.1) is 7.11 Å². The predicted molar refractivity (Wildman–Crippen MR) is 93.7 cm³/mol. The Hall–Kier alpha value is -1.06. The number of piperidine rings is 1. The van der Waals surface area contributed by atoms with Gasteiger partial charge >= 0.3 is 0 Å². The third-order valence-corrected chi connectivity index (χ3v) is 4.77. The molecule has 0 amide bonds. The minimum absolute atomic E-state index is 0.648. The van der Waals surface area contributed by atoms with Crippen LogP contribution in [0, 0.1) is 5.92 Å². The molecule has 0 aromatic heterocycles. The van der Waals surface area contributed by atoms with Crippen LogP contribution in [0.15, 0.2) is 24.3 Å². The topological polar surface area (TPSA) is 15.7 Å². The van der Waals surface area contributed by atoms with Crippen LogP contribution in [0.1, 0.15) is 37.7 Å². The molecule has 3 nitrogen and oxygen atoms in total. The van der Waals surface area contributed by atoms with Crippen LogP contribution < -0.4 is 4.74 Å². The first-order chi connectivity index (χ1) is 10.6. The Morgan fingerprint density at radius 3 is 2.82 bits per heavy atom. The van der Waals surface area contributed by atoms with Crippen molar-refractivity contribution < 1.29 is 4.74 Å². The molecule has 1 heterocycles. The van der Waals surface area contributed by atoms with Gasteiger partial charge in [0.1, 0.15) is 5.75 Å². The van der Waals surface area contributed by atoms with Crippen molar-refractivity contribution in [3.05, 3.63) is 29.8 Å². The van der Waals surface area contributed by atoms with Crippen molar-refractivity contribution in [1.29, 1.82) is 0 Å². The number of hydrogen-bond donors (Lipinski definition) is 0. The summed E-state index contributed by atoms with van der Waals surface area (Å²) in [7, 11) is 6.13. The van der Waals surface area contributed by atoms with E-state index in [9.17, 15) is 0 Å². The molecule has 2 rings (SSSR count). The van der Waals surface area contributed by atoms with Gasteiger partial charge in [-0.05, 0) is 69.6 Å². The standard InChI is InChI=1S/C19H32N2O/c1-5-6-11-21-12-10-19(17(15-21)14-20(2)3)16-8-7-9-18(13-16)22-4/h7-9,13,17,19H,5-6,10-12,14-15H2,1-4H3. The summed E-state index contributed by atoms with van der Waals surface area (Å²) >= 11 is 0. The molecular weight excluding hydrogens is 272 g/mol. The summed E-state index contributed by atoms with van der Waals surface area (Å²) in [5.41, 5.74) is 1.45. The molecule has 2 atom stereocenters. The van der Waals surface area contributed by atoms with Crippen molar-refractivity contribution in [2.24, 2.45) is 5.92 Å².